The van der Waals surface area contributed by atoms with Crippen molar-refractivity contribution in [2.24, 2.45) is 39.4 Å². The van der Waals surface area contributed by atoms with Crippen LogP contribution < -0.4 is 5.32 Å². The second-order valence-electron chi connectivity index (χ2n) is 25.6. The average Bonchev–Trinajstić information content (AvgIpc) is 1.67. The van der Waals surface area contributed by atoms with Crippen molar-refractivity contribution in [1.29, 1.82) is 0 Å². The van der Waals surface area contributed by atoms with Gasteiger partial charge in [0.15, 0.2) is 31.1 Å². The predicted octanol–water partition coefficient (Wildman–Crippen LogP) is -0.606. The summed E-state index contributed by atoms with van der Waals surface area (Å²) in [4.78, 5) is 40.6. The van der Waals surface area contributed by atoms with Gasteiger partial charge < -0.3 is 73.9 Å². The van der Waals surface area contributed by atoms with Crippen LogP contribution in [0.5, 0.6) is 0 Å². The number of hydrogen-bond acceptors (Lipinski definition) is 25. The van der Waals surface area contributed by atoms with E-state index in [1.807, 2.05) is 40.7 Å². The number of aliphatic hydroxyl groups is 5. The summed E-state index contributed by atoms with van der Waals surface area (Å²) in [5.74, 6) is -4.11. The standard InChI is InChI=1S/C50H77NO29S3/c1-20-31(54)32(55)39(80-83(67,68)69)43(71-20)75-37-33(56)38(40(58)59)76-42(34(37)57)74-36-30(51-21(2)52)41(72-24(19-70-81(61,62)63)35(36)79-82(64,65)66)73-28-14-16-47(7)23-18-27(53)50-26(49(9,78-44(50)60)29-13-15-45(3,4)77-29)12-17-48(50,8)22(23)10-11-25(47)46(28,5)6/h18,20,22,24-39,41-43,53-57H,10-17,19H2,1-9H3,(H,51,52)(H,58,59)(H,61,62,63)(H,64,65,66)(H,67,68,69)/t20-,22?,24+,25-,26+,27-,28-,29?,30?,31+,32+,33-,34+,35-,36+,37-,38-,39-,41-,42+,43-,47+,48-,49+,50?/m0/s1. The number of amides is 1. The predicted molar refractivity (Wildman–Crippen MR) is 273 cm³/mol. The fraction of sp³-hybridized carbons (Fsp3) is 0.900. The molecule has 3 saturated carbocycles. The fourth-order valence-corrected chi connectivity index (χ4v) is 17.6. The Morgan fingerprint density at radius 3 is 1.92 bits per heavy atom. The number of hydrogen-bond donors (Lipinski definition) is 10. The molecular weight excluding hydrogens is 1170 g/mol. The van der Waals surface area contributed by atoms with E-state index in [0.717, 1.165) is 25.8 Å². The maximum Gasteiger partial charge on any atom is 0.397 e. The number of nitrogens with one attached hydrogen (secondary N) is 1. The van der Waals surface area contributed by atoms with Gasteiger partial charge in [-0.25, -0.2) is 17.3 Å². The summed E-state index contributed by atoms with van der Waals surface area (Å²) < 4.78 is 165. The minimum atomic E-state index is -5.72. The summed E-state index contributed by atoms with van der Waals surface area (Å²) in [6.07, 6.45) is -27.6. The first-order valence-electron chi connectivity index (χ1n) is 27.5. The number of carboxylic acid groups (broad SMARTS) is 1. The first-order chi connectivity index (χ1) is 38.1. The summed E-state index contributed by atoms with van der Waals surface area (Å²) in [6, 6.07) is -1.90. The number of rotatable bonds is 16. The number of fused-ring (bicyclic) bond motifs is 4. The Morgan fingerprint density at radius 2 is 1.33 bits per heavy atom. The van der Waals surface area contributed by atoms with E-state index in [0.29, 0.717) is 38.5 Å². The molecule has 9 aliphatic rings. The van der Waals surface area contributed by atoms with Crippen molar-refractivity contribution in [2.45, 2.75) is 235 Å². The molecule has 0 radical (unpaired) electrons. The lowest BCUT2D eigenvalue weighted by Gasteiger charge is -2.64. The normalized spacial score (nSPS) is 47.7. The number of allylic oxidation sites excluding steroid dienone is 1. The van der Waals surface area contributed by atoms with E-state index in [1.165, 1.54) is 0 Å². The summed E-state index contributed by atoms with van der Waals surface area (Å²) >= 11 is 0. The minimum Gasteiger partial charge on any atom is -0.479 e. The van der Waals surface area contributed by atoms with Crippen LogP contribution in [0.1, 0.15) is 114 Å². The molecule has 9 rings (SSSR count). The molecule has 5 aliphatic heterocycles. The van der Waals surface area contributed by atoms with E-state index in [4.69, 9.17) is 42.1 Å². The Bertz CT molecular complexity index is 2890. The van der Waals surface area contributed by atoms with Gasteiger partial charge in [0, 0.05) is 12.8 Å². The Morgan fingerprint density at radius 1 is 0.687 bits per heavy atom. The summed E-state index contributed by atoms with van der Waals surface area (Å²) in [7, 11) is -16.6. The highest BCUT2D eigenvalue weighted by atomic mass is 32.3. The van der Waals surface area contributed by atoms with E-state index in [2.05, 4.69) is 27.5 Å². The van der Waals surface area contributed by atoms with E-state index in [-0.39, 0.29) is 30.3 Å². The lowest BCUT2D eigenvalue weighted by molar-refractivity contribution is -0.368. The van der Waals surface area contributed by atoms with Gasteiger partial charge in [-0.3, -0.25) is 23.2 Å². The molecular formula is C50H77NO29S3. The smallest absolute Gasteiger partial charge is 0.397 e. The van der Waals surface area contributed by atoms with Crippen LogP contribution >= 0.6 is 0 Å². The van der Waals surface area contributed by atoms with Crippen LogP contribution in [0.2, 0.25) is 0 Å². The van der Waals surface area contributed by atoms with Gasteiger partial charge in [-0.05, 0) is 107 Å². The zero-order chi connectivity index (χ0) is 61.5. The highest BCUT2D eigenvalue weighted by Crippen LogP contribution is 2.76. The molecule has 25 atom stereocenters. The minimum absolute atomic E-state index is 0.165. The second-order valence-corrected chi connectivity index (χ2v) is 28.8. The SMILES string of the molecule is CC(=O)NC1[C@H](O[C@H]2CC[C@]3(C)C4=C[C@H](O)C56C(=O)O[C@@](C)(C7CCC(C)(C)O7)[C@H]5CC[C@@]6(C)C4CC[C@H]3C2(C)C)O[C@H](COS(=O)(=O)O)[C@H](OS(=O)(=O)O)[C@@H]1O[C@@H]1O[C@H](C(=O)O)[C@@H](O)[C@H](O[C@@H]2O[C@@H](C)[C@@H](O)[C@@H](O)[C@@H]2OS(=O)(=O)O)[C@H]1O. The third-order valence-electron chi connectivity index (χ3n) is 20.0. The van der Waals surface area contributed by atoms with Crippen molar-refractivity contribution in [3.8, 4) is 0 Å². The van der Waals surface area contributed by atoms with Crippen LogP contribution in [-0.2, 0) is 96.0 Å². The molecule has 1 amide bonds. The third kappa shape index (κ3) is 11.5. The average molecular weight is 1250 g/mol. The zero-order valence-corrected chi connectivity index (χ0v) is 49.4. The quantitative estimate of drug-likeness (QED) is 0.0399. The molecule has 10 N–H and O–H groups in total. The Hall–Kier alpha value is -2.72. The van der Waals surface area contributed by atoms with Gasteiger partial charge in [0.2, 0.25) is 5.91 Å². The number of ether oxygens (including phenoxy) is 8. The number of carbonyl (C=O) groups excluding carboxylic acids is 2. The maximum absolute atomic E-state index is 14.7. The van der Waals surface area contributed by atoms with Gasteiger partial charge in [0.25, 0.3) is 0 Å². The van der Waals surface area contributed by atoms with Gasteiger partial charge in [0.1, 0.15) is 65.9 Å². The molecule has 83 heavy (non-hydrogen) atoms. The molecule has 0 aromatic heterocycles. The van der Waals surface area contributed by atoms with E-state index in [1.54, 1.807) is 0 Å². The number of cyclic esters (lactones) is 1. The third-order valence-corrected chi connectivity index (χ3v) is 21.4. The Labute approximate surface area is 479 Å². The van der Waals surface area contributed by atoms with Gasteiger partial charge in [0.05, 0.1) is 36.6 Å². The second kappa shape index (κ2) is 22.1. The van der Waals surface area contributed by atoms with Crippen molar-refractivity contribution >= 4 is 49.0 Å². The van der Waals surface area contributed by atoms with Gasteiger partial charge in [-0.2, -0.15) is 25.3 Å². The molecule has 5 saturated heterocycles. The first-order valence-corrected chi connectivity index (χ1v) is 31.6. The van der Waals surface area contributed by atoms with Gasteiger partial charge in [-0.1, -0.05) is 39.3 Å². The van der Waals surface area contributed by atoms with Crippen molar-refractivity contribution in [1.82, 2.24) is 5.32 Å². The molecule has 474 valence electrons. The highest BCUT2D eigenvalue weighted by molar-refractivity contribution is 7.81. The molecule has 8 fully saturated rings. The molecule has 4 unspecified atom stereocenters. The van der Waals surface area contributed by atoms with Gasteiger partial charge in [-0.15, -0.1) is 0 Å². The first kappa shape index (κ1) is 64.7. The number of esters is 1. The van der Waals surface area contributed by atoms with Crippen LogP contribution in [0.25, 0.3) is 0 Å². The largest absolute Gasteiger partial charge is 0.479 e. The van der Waals surface area contributed by atoms with Crippen LogP contribution in [0.15, 0.2) is 11.6 Å². The van der Waals surface area contributed by atoms with E-state index < -0.39 is 193 Å². The fourth-order valence-electron chi connectivity index (χ4n) is 16.3. The van der Waals surface area contributed by atoms with Crippen molar-refractivity contribution < 1.29 is 134 Å². The van der Waals surface area contributed by atoms with Crippen LogP contribution in [0.4, 0.5) is 0 Å². The molecule has 30 nitrogen and oxygen atoms in total. The summed E-state index contributed by atoms with van der Waals surface area (Å²) in [6.45, 7) is 14.7. The van der Waals surface area contributed by atoms with Crippen LogP contribution in [-0.4, -0.2) is 216 Å². The van der Waals surface area contributed by atoms with Crippen LogP contribution in [0.3, 0.4) is 0 Å². The molecule has 0 aromatic carbocycles. The van der Waals surface area contributed by atoms with Gasteiger partial charge >= 0.3 is 43.1 Å². The molecule has 33 heteroatoms. The zero-order valence-electron chi connectivity index (χ0n) is 47.0. The van der Waals surface area contributed by atoms with E-state index in [9.17, 15) is 83.9 Å². The number of carbonyl (C=O) groups is 3. The lowest BCUT2D eigenvalue weighted by Crippen LogP contribution is -2.70. The maximum atomic E-state index is 14.7. The number of carboxylic acids is 1. The molecule has 5 heterocycles. The monoisotopic (exact) mass is 1250 g/mol. The summed E-state index contributed by atoms with van der Waals surface area (Å²) in [5, 5.41) is 69.8. The Balaban J connectivity index is 1.04. The number of aliphatic hydroxyl groups excluding tert-OH is 5. The summed E-state index contributed by atoms with van der Waals surface area (Å²) in [5.41, 5.74) is -3.96. The molecule has 4 aliphatic carbocycles. The van der Waals surface area contributed by atoms with Crippen molar-refractivity contribution in [3.63, 3.8) is 0 Å². The highest BCUT2D eigenvalue weighted by Gasteiger charge is 2.80. The molecule has 0 aromatic rings. The molecule has 1 spiro atoms. The lowest BCUT2D eigenvalue weighted by atomic mass is 9.40. The topological polar surface area (TPSA) is 449 Å². The Kier molecular flexibility index (Phi) is 17.2. The molecule has 0 bridgehead atoms. The number of aliphatic carboxylic acids is 1. The van der Waals surface area contributed by atoms with E-state index >= 15 is 0 Å². The van der Waals surface area contributed by atoms with Crippen LogP contribution in [0, 0.1) is 39.4 Å². The van der Waals surface area contributed by atoms with Crippen molar-refractivity contribution in [2.75, 3.05) is 6.61 Å². The van der Waals surface area contributed by atoms with Crippen molar-refractivity contribution in [3.05, 3.63) is 11.6 Å².